The molecule has 7 nitrogen and oxygen atoms in total. The SMILES string of the molecule is Cc1nn(Cc2c(C(=O)N3CCN(Cc4c(Cl)cccc4Cl)CC3)noc2C)c(C)c1Cl. The van der Waals surface area contributed by atoms with Crippen LogP contribution in [0.25, 0.3) is 0 Å². The zero-order valence-corrected chi connectivity index (χ0v) is 20.4. The third kappa shape index (κ3) is 4.53. The zero-order valence-electron chi connectivity index (χ0n) is 18.2. The summed E-state index contributed by atoms with van der Waals surface area (Å²) in [5, 5.41) is 10.5. The summed E-state index contributed by atoms with van der Waals surface area (Å²) >= 11 is 18.9. The lowest BCUT2D eigenvalue weighted by molar-refractivity contribution is 0.0617. The van der Waals surface area contributed by atoms with Gasteiger partial charge in [0.25, 0.3) is 5.91 Å². The molecule has 1 amide bonds. The van der Waals surface area contributed by atoms with E-state index in [1.165, 1.54) is 0 Å². The van der Waals surface area contributed by atoms with Crippen molar-refractivity contribution in [3.05, 3.63) is 67.2 Å². The average molecular weight is 497 g/mol. The molecule has 1 aliphatic rings. The Hall–Kier alpha value is -2.06. The van der Waals surface area contributed by atoms with Crippen molar-refractivity contribution in [1.29, 1.82) is 0 Å². The molecule has 0 bridgehead atoms. The summed E-state index contributed by atoms with van der Waals surface area (Å²) in [7, 11) is 0. The van der Waals surface area contributed by atoms with E-state index < -0.39 is 0 Å². The van der Waals surface area contributed by atoms with E-state index in [0.29, 0.717) is 65.8 Å². The van der Waals surface area contributed by atoms with E-state index in [9.17, 15) is 4.79 Å². The van der Waals surface area contributed by atoms with Crippen molar-refractivity contribution in [3.8, 4) is 0 Å². The molecule has 10 heteroatoms. The summed E-state index contributed by atoms with van der Waals surface area (Å²) in [6.45, 7) is 9.17. The van der Waals surface area contributed by atoms with Crippen molar-refractivity contribution in [2.45, 2.75) is 33.9 Å². The van der Waals surface area contributed by atoms with Gasteiger partial charge in [-0.25, -0.2) is 0 Å². The first-order chi connectivity index (χ1) is 15.3. The van der Waals surface area contributed by atoms with Crippen LogP contribution in [0.5, 0.6) is 0 Å². The summed E-state index contributed by atoms with van der Waals surface area (Å²) in [5.41, 5.74) is 3.56. The summed E-state index contributed by atoms with van der Waals surface area (Å²) in [6, 6.07) is 5.52. The molecule has 0 unspecified atom stereocenters. The number of carbonyl (C=O) groups is 1. The van der Waals surface area contributed by atoms with Crippen LogP contribution < -0.4 is 0 Å². The molecule has 1 aromatic carbocycles. The van der Waals surface area contributed by atoms with Crippen LogP contribution in [0, 0.1) is 20.8 Å². The molecule has 0 N–H and O–H groups in total. The van der Waals surface area contributed by atoms with Crippen LogP contribution >= 0.6 is 34.8 Å². The largest absolute Gasteiger partial charge is 0.361 e. The second-order valence-corrected chi connectivity index (χ2v) is 9.17. The van der Waals surface area contributed by atoms with E-state index in [1.54, 1.807) is 16.5 Å². The van der Waals surface area contributed by atoms with Crippen LogP contribution in [0.15, 0.2) is 22.7 Å². The number of amides is 1. The minimum atomic E-state index is -0.139. The number of carbonyl (C=O) groups excluding carboxylic acids is 1. The minimum Gasteiger partial charge on any atom is -0.361 e. The topological polar surface area (TPSA) is 67.4 Å². The highest BCUT2D eigenvalue weighted by Gasteiger charge is 2.28. The normalized spacial score (nSPS) is 14.9. The van der Waals surface area contributed by atoms with Gasteiger partial charge in [-0.05, 0) is 32.9 Å². The first kappa shape index (κ1) is 23.1. The van der Waals surface area contributed by atoms with E-state index in [2.05, 4.69) is 15.2 Å². The van der Waals surface area contributed by atoms with Crippen molar-refractivity contribution >= 4 is 40.7 Å². The molecule has 170 valence electrons. The van der Waals surface area contributed by atoms with Gasteiger partial charge in [0.15, 0.2) is 5.69 Å². The Labute approximate surface area is 201 Å². The molecule has 0 aliphatic carbocycles. The smallest absolute Gasteiger partial charge is 0.276 e. The van der Waals surface area contributed by atoms with Crippen molar-refractivity contribution in [2.75, 3.05) is 26.2 Å². The lowest BCUT2D eigenvalue weighted by Gasteiger charge is -2.34. The highest BCUT2D eigenvalue weighted by molar-refractivity contribution is 6.36. The van der Waals surface area contributed by atoms with Gasteiger partial charge in [-0.3, -0.25) is 14.4 Å². The monoisotopic (exact) mass is 495 g/mol. The second kappa shape index (κ2) is 9.43. The number of aromatic nitrogens is 3. The van der Waals surface area contributed by atoms with Crippen molar-refractivity contribution in [1.82, 2.24) is 24.7 Å². The number of aryl methyl sites for hydroxylation is 2. The van der Waals surface area contributed by atoms with Gasteiger partial charge in [0.1, 0.15) is 5.76 Å². The molecule has 0 atom stereocenters. The fourth-order valence-electron chi connectivity index (χ4n) is 3.89. The van der Waals surface area contributed by atoms with Crippen LogP contribution in [0.4, 0.5) is 0 Å². The van der Waals surface area contributed by atoms with Crippen molar-refractivity contribution < 1.29 is 9.32 Å². The molecular weight excluding hydrogens is 473 g/mol. The zero-order chi connectivity index (χ0) is 23.0. The molecule has 4 rings (SSSR count). The van der Waals surface area contributed by atoms with Gasteiger partial charge in [0.2, 0.25) is 0 Å². The van der Waals surface area contributed by atoms with Crippen LogP contribution in [0.1, 0.15) is 38.8 Å². The van der Waals surface area contributed by atoms with E-state index in [4.69, 9.17) is 39.3 Å². The average Bonchev–Trinajstić information content (AvgIpc) is 3.25. The highest BCUT2D eigenvalue weighted by atomic mass is 35.5. The van der Waals surface area contributed by atoms with Crippen molar-refractivity contribution in [2.24, 2.45) is 0 Å². The Bertz CT molecular complexity index is 1130. The molecular formula is C22H24Cl3N5O2. The third-order valence-electron chi connectivity index (χ3n) is 5.89. The molecule has 0 radical (unpaired) electrons. The van der Waals surface area contributed by atoms with Gasteiger partial charge in [-0.1, -0.05) is 46.0 Å². The summed E-state index contributed by atoms with van der Waals surface area (Å²) in [6.07, 6.45) is 0. The first-order valence-electron chi connectivity index (χ1n) is 10.4. The maximum absolute atomic E-state index is 13.2. The lowest BCUT2D eigenvalue weighted by Crippen LogP contribution is -2.48. The number of nitrogens with zero attached hydrogens (tertiary/aromatic N) is 5. The fraction of sp³-hybridized carbons (Fsp3) is 0.409. The Balaban J connectivity index is 1.44. The number of benzene rings is 1. The number of hydrogen-bond donors (Lipinski definition) is 0. The summed E-state index contributed by atoms with van der Waals surface area (Å²) in [5.74, 6) is 0.462. The number of halogens is 3. The molecule has 0 saturated carbocycles. The predicted molar refractivity (Wildman–Crippen MR) is 125 cm³/mol. The molecule has 1 saturated heterocycles. The third-order valence-corrected chi connectivity index (χ3v) is 7.15. The van der Waals surface area contributed by atoms with Crippen LogP contribution in [-0.2, 0) is 13.1 Å². The highest BCUT2D eigenvalue weighted by Crippen LogP contribution is 2.27. The molecule has 1 fully saturated rings. The van der Waals surface area contributed by atoms with Gasteiger partial charge in [-0.2, -0.15) is 5.10 Å². The Morgan fingerprint density at radius 2 is 1.66 bits per heavy atom. The summed E-state index contributed by atoms with van der Waals surface area (Å²) < 4.78 is 7.15. The van der Waals surface area contributed by atoms with Gasteiger partial charge in [0, 0.05) is 53.9 Å². The van der Waals surface area contributed by atoms with Gasteiger partial charge in [-0.15, -0.1) is 0 Å². The lowest BCUT2D eigenvalue weighted by atomic mass is 10.1. The predicted octanol–water partition coefficient (Wildman–Crippen LogP) is 4.76. The quantitative estimate of drug-likeness (QED) is 0.509. The van der Waals surface area contributed by atoms with Crippen molar-refractivity contribution in [3.63, 3.8) is 0 Å². The standard InChI is InChI=1S/C22H24Cl3N5O2/c1-13-20(25)14(2)30(26-13)12-16-15(3)32-27-21(16)22(31)29-9-7-28(8-10-29)11-17-18(23)5-4-6-19(17)24/h4-6H,7-12H2,1-3H3. The Morgan fingerprint density at radius 1 is 1.00 bits per heavy atom. The number of piperazine rings is 1. The van der Waals surface area contributed by atoms with Crippen LogP contribution in [-0.4, -0.2) is 56.8 Å². The Morgan fingerprint density at radius 3 is 2.25 bits per heavy atom. The van der Waals surface area contributed by atoms with E-state index in [-0.39, 0.29) is 5.91 Å². The molecule has 3 heterocycles. The summed E-state index contributed by atoms with van der Waals surface area (Å²) in [4.78, 5) is 17.3. The van der Waals surface area contributed by atoms with Gasteiger partial charge >= 0.3 is 0 Å². The molecule has 1 aliphatic heterocycles. The molecule has 2 aromatic heterocycles. The van der Waals surface area contributed by atoms with E-state index >= 15 is 0 Å². The maximum atomic E-state index is 13.2. The minimum absolute atomic E-state index is 0.139. The number of rotatable bonds is 5. The fourth-order valence-corrected chi connectivity index (χ4v) is 4.54. The van der Waals surface area contributed by atoms with E-state index in [1.807, 2.05) is 32.0 Å². The van der Waals surface area contributed by atoms with Crippen LogP contribution in [0.2, 0.25) is 15.1 Å². The van der Waals surface area contributed by atoms with E-state index in [0.717, 1.165) is 22.5 Å². The maximum Gasteiger partial charge on any atom is 0.276 e. The molecule has 0 spiro atoms. The van der Waals surface area contributed by atoms with Crippen LogP contribution in [0.3, 0.4) is 0 Å². The van der Waals surface area contributed by atoms with Gasteiger partial charge < -0.3 is 9.42 Å². The Kier molecular flexibility index (Phi) is 6.81. The molecule has 32 heavy (non-hydrogen) atoms. The molecule has 3 aromatic rings. The number of hydrogen-bond acceptors (Lipinski definition) is 5. The first-order valence-corrected chi connectivity index (χ1v) is 11.5. The second-order valence-electron chi connectivity index (χ2n) is 7.98. The van der Waals surface area contributed by atoms with Gasteiger partial charge in [0.05, 0.1) is 23.0 Å².